The standard InChI is InChI=1S/C13H14FN3O2/c1-9-16-17-13(19-9)11-2-4-12(5-3-11)18-8-10(6-14)7-15/h2-6H,7-8,15H2,1H3/b10-6+. The SMILES string of the molecule is Cc1nnc(-c2ccc(OC/C(=C/F)CN)cc2)o1. The number of hydrogen-bond donors (Lipinski definition) is 1. The number of benzene rings is 1. The molecule has 0 radical (unpaired) electrons. The minimum absolute atomic E-state index is 0.131. The monoisotopic (exact) mass is 263 g/mol. The molecule has 0 fully saturated rings. The van der Waals surface area contributed by atoms with Gasteiger partial charge in [-0.25, -0.2) is 4.39 Å². The highest BCUT2D eigenvalue weighted by atomic mass is 19.1. The molecule has 1 aromatic heterocycles. The van der Waals surface area contributed by atoms with Crippen LogP contribution in [0.5, 0.6) is 5.75 Å². The van der Waals surface area contributed by atoms with Gasteiger partial charge in [0.25, 0.3) is 0 Å². The average molecular weight is 263 g/mol. The number of nitrogens with two attached hydrogens (primary N) is 1. The van der Waals surface area contributed by atoms with Gasteiger partial charge in [0.05, 0.1) is 6.33 Å². The van der Waals surface area contributed by atoms with E-state index in [9.17, 15) is 4.39 Å². The first kappa shape index (κ1) is 13.2. The van der Waals surface area contributed by atoms with Gasteiger partial charge < -0.3 is 14.9 Å². The van der Waals surface area contributed by atoms with Crippen LogP contribution in [-0.4, -0.2) is 23.3 Å². The van der Waals surface area contributed by atoms with Gasteiger partial charge in [-0.1, -0.05) is 0 Å². The Labute approximate surface area is 109 Å². The Kier molecular flexibility index (Phi) is 4.25. The largest absolute Gasteiger partial charge is 0.489 e. The molecule has 0 aliphatic carbocycles. The summed E-state index contributed by atoms with van der Waals surface area (Å²) in [6, 6.07) is 7.09. The molecule has 0 spiro atoms. The minimum Gasteiger partial charge on any atom is -0.489 e. The van der Waals surface area contributed by atoms with Gasteiger partial charge in [0, 0.05) is 24.6 Å². The van der Waals surface area contributed by atoms with Gasteiger partial charge in [0.2, 0.25) is 11.8 Å². The first-order valence-electron chi connectivity index (χ1n) is 5.74. The molecule has 2 N–H and O–H groups in total. The van der Waals surface area contributed by atoms with Gasteiger partial charge in [-0.05, 0) is 24.3 Å². The number of rotatable bonds is 5. The number of aromatic nitrogens is 2. The highest BCUT2D eigenvalue weighted by Gasteiger charge is 2.06. The van der Waals surface area contributed by atoms with E-state index in [-0.39, 0.29) is 13.2 Å². The zero-order chi connectivity index (χ0) is 13.7. The van der Waals surface area contributed by atoms with Crippen LogP contribution in [0.25, 0.3) is 11.5 Å². The molecule has 2 rings (SSSR count). The molecule has 1 heterocycles. The molecule has 100 valence electrons. The van der Waals surface area contributed by atoms with Gasteiger partial charge in [0.1, 0.15) is 12.4 Å². The molecule has 0 saturated heterocycles. The zero-order valence-electron chi connectivity index (χ0n) is 10.5. The lowest BCUT2D eigenvalue weighted by molar-refractivity contribution is 0.347. The van der Waals surface area contributed by atoms with Crippen LogP contribution in [0, 0.1) is 6.92 Å². The summed E-state index contributed by atoms with van der Waals surface area (Å²) in [6.45, 7) is 1.99. The number of aryl methyl sites for hydroxylation is 1. The molecular weight excluding hydrogens is 249 g/mol. The van der Waals surface area contributed by atoms with Crippen molar-refractivity contribution in [2.24, 2.45) is 5.73 Å². The summed E-state index contributed by atoms with van der Waals surface area (Å²) < 4.78 is 23.0. The van der Waals surface area contributed by atoms with Crippen molar-refractivity contribution >= 4 is 0 Å². The van der Waals surface area contributed by atoms with Crippen molar-refractivity contribution in [1.29, 1.82) is 0 Å². The number of hydrogen-bond acceptors (Lipinski definition) is 5. The molecule has 0 aliphatic rings. The molecular formula is C13H14FN3O2. The molecule has 0 aliphatic heterocycles. The lowest BCUT2D eigenvalue weighted by Gasteiger charge is -2.07. The molecule has 0 saturated carbocycles. The third-order valence-corrected chi connectivity index (χ3v) is 2.47. The van der Waals surface area contributed by atoms with E-state index in [1.165, 1.54) is 0 Å². The van der Waals surface area contributed by atoms with Gasteiger partial charge in [0.15, 0.2) is 0 Å². The average Bonchev–Trinajstić information content (AvgIpc) is 2.87. The fourth-order valence-electron chi connectivity index (χ4n) is 1.42. The van der Waals surface area contributed by atoms with E-state index in [2.05, 4.69) is 10.2 Å². The minimum atomic E-state index is 0.131. The summed E-state index contributed by atoms with van der Waals surface area (Å²) >= 11 is 0. The van der Waals surface area contributed by atoms with Crippen LogP contribution >= 0.6 is 0 Å². The zero-order valence-corrected chi connectivity index (χ0v) is 10.5. The van der Waals surface area contributed by atoms with Crippen LogP contribution in [0.3, 0.4) is 0 Å². The smallest absolute Gasteiger partial charge is 0.247 e. The van der Waals surface area contributed by atoms with Gasteiger partial charge in [-0.2, -0.15) is 0 Å². The number of nitrogens with zero attached hydrogens (tertiary/aromatic N) is 2. The van der Waals surface area contributed by atoms with Crippen molar-refractivity contribution < 1.29 is 13.5 Å². The Morgan fingerprint density at radius 2 is 2.11 bits per heavy atom. The fraction of sp³-hybridized carbons (Fsp3) is 0.231. The van der Waals surface area contributed by atoms with Crippen LogP contribution in [0.2, 0.25) is 0 Å². The Balaban J connectivity index is 2.02. The molecule has 1 aromatic carbocycles. The number of ether oxygens (including phenoxy) is 1. The van der Waals surface area contributed by atoms with Gasteiger partial charge >= 0.3 is 0 Å². The molecule has 0 amide bonds. The second-order valence-electron chi connectivity index (χ2n) is 3.91. The fourth-order valence-corrected chi connectivity index (χ4v) is 1.42. The summed E-state index contributed by atoms with van der Waals surface area (Å²) in [7, 11) is 0. The van der Waals surface area contributed by atoms with E-state index >= 15 is 0 Å². The summed E-state index contributed by atoms with van der Waals surface area (Å²) in [4.78, 5) is 0. The second kappa shape index (κ2) is 6.10. The van der Waals surface area contributed by atoms with Crippen LogP contribution in [-0.2, 0) is 0 Å². The normalized spacial score (nSPS) is 11.6. The van der Waals surface area contributed by atoms with E-state index in [0.29, 0.717) is 29.4 Å². The maximum atomic E-state index is 12.3. The summed E-state index contributed by atoms with van der Waals surface area (Å²) in [5, 5.41) is 7.67. The van der Waals surface area contributed by atoms with Crippen molar-refractivity contribution in [2.45, 2.75) is 6.92 Å². The van der Waals surface area contributed by atoms with Crippen LogP contribution in [0.15, 0.2) is 40.6 Å². The first-order valence-corrected chi connectivity index (χ1v) is 5.74. The molecule has 0 atom stereocenters. The van der Waals surface area contributed by atoms with Gasteiger partial charge in [-0.15, -0.1) is 10.2 Å². The first-order chi connectivity index (χ1) is 9.22. The van der Waals surface area contributed by atoms with E-state index in [0.717, 1.165) is 5.56 Å². The van der Waals surface area contributed by atoms with E-state index < -0.39 is 0 Å². The molecule has 0 bridgehead atoms. The molecule has 6 heteroatoms. The van der Waals surface area contributed by atoms with E-state index in [1.54, 1.807) is 31.2 Å². The van der Waals surface area contributed by atoms with Crippen LogP contribution < -0.4 is 10.5 Å². The summed E-state index contributed by atoms with van der Waals surface area (Å²) in [5.41, 5.74) is 6.53. The molecule has 0 unspecified atom stereocenters. The van der Waals surface area contributed by atoms with Crippen molar-refractivity contribution in [2.75, 3.05) is 13.2 Å². The van der Waals surface area contributed by atoms with E-state index in [4.69, 9.17) is 14.9 Å². The number of halogens is 1. The van der Waals surface area contributed by atoms with Gasteiger partial charge in [-0.3, -0.25) is 0 Å². The Morgan fingerprint density at radius 1 is 1.37 bits per heavy atom. The third-order valence-electron chi connectivity index (χ3n) is 2.47. The highest BCUT2D eigenvalue weighted by Crippen LogP contribution is 2.21. The molecule has 2 aromatic rings. The lowest BCUT2D eigenvalue weighted by atomic mass is 10.2. The van der Waals surface area contributed by atoms with Crippen molar-refractivity contribution in [3.63, 3.8) is 0 Å². The Hall–Kier alpha value is -2.21. The topological polar surface area (TPSA) is 74.2 Å². The maximum absolute atomic E-state index is 12.3. The van der Waals surface area contributed by atoms with Crippen LogP contribution in [0.4, 0.5) is 4.39 Å². The van der Waals surface area contributed by atoms with Crippen molar-refractivity contribution in [3.05, 3.63) is 42.1 Å². The summed E-state index contributed by atoms with van der Waals surface area (Å²) in [5.74, 6) is 1.58. The van der Waals surface area contributed by atoms with Crippen molar-refractivity contribution in [3.8, 4) is 17.2 Å². The van der Waals surface area contributed by atoms with Crippen LogP contribution in [0.1, 0.15) is 5.89 Å². The predicted octanol–water partition coefficient (Wildman–Crippen LogP) is 2.24. The molecule has 19 heavy (non-hydrogen) atoms. The quantitative estimate of drug-likeness (QED) is 0.895. The predicted molar refractivity (Wildman–Crippen MR) is 68.2 cm³/mol. The van der Waals surface area contributed by atoms with Crippen molar-refractivity contribution in [1.82, 2.24) is 10.2 Å². The third kappa shape index (κ3) is 3.38. The Morgan fingerprint density at radius 3 is 2.63 bits per heavy atom. The van der Waals surface area contributed by atoms with E-state index in [1.807, 2.05) is 0 Å². The maximum Gasteiger partial charge on any atom is 0.247 e. The molecule has 5 nitrogen and oxygen atoms in total. The Bertz CT molecular complexity index is 564. The lowest BCUT2D eigenvalue weighted by Crippen LogP contribution is -2.10. The summed E-state index contributed by atoms with van der Waals surface area (Å²) in [6.07, 6.45) is 0.468. The highest BCUT2D eigenvalue weighted by molar-refractivity contribution is 5.53. The second-order valence-corrected chi connectivity index (χ2v) is 3.91.